The molecule has 1 heterocycles. The summed E-state index contributed by atoms with van der Waals surface area (Å²) in [5.74, 6) is 0.0913. The molecule has 2 fully saturated rings. The maximum atomic E-state index is 11.4. The molecule has 1 aliphatic carbocycles. The van der Waals surface area contributed by atoms with Crippen LogP contribution in [0.2, 0.25) is 0 Å². The first-order valence-corrected chi connectivity index (χ1v) is 5.71. The van der Waals surface area contributed by atoms with Gasteiger partial charge in [0.05, 0.1) is 26.2 Å². The van der Waals surface area contributed by atoms with Crippen molar-refractivity contribution in [2.45, 2.75) is 25.3 Å². The number of hydrogen-bond acceptors (Lipinski definition) is 4. The number of hydrogen-bond donors (Lipinski definition) is 0. The van der Waals surface area contributed by atoms with Gasteiger partial charge in [-0.2, -0.15) is 0 Å². The SMILES string of the molecule is COC(=O)[C@@H]1CC[C@H](N2CCOCC2)C1. The van der Waals surface area contributed by atoms with Crippen molar-refractivity contribution in [2.75, 3.05) is 33.4 Å². The second-order valence-electron chi connectivity index (χ2n) is 4.34. The van der Waals surface area contributed by atoms with Gasteiger partial charge in [-0.05, 0) is 19.3 Å². The minimum Gasteiger partial charge on any atom is -0.469 e. The van der Waals surface area contributed by atoms with Crippen molar-refractivity contribution in [1.82, 2.24) is 4.90 Å². The number of esters is 1. The molecule has 0 spiro atoms. The fourth-order valence-corrected chi connectivity index (χ4v) is 2.61. The second kappa shape index (κ2) is 4.94. The van der Waals surface area contributed by atoms with Crippen LogP contribution in [0.15, 0.2) is 0 Å². The molecule has 0 N–H and O–H groups in total. The van der Waals surface area contributed by atoms with Crippen LogP contribution in [-0.4, -0.2) is 50.3 Å². The lowest BCUT2D eigenvalue weighted by Gasteiger charge is -2.32. The van der Waals surface area contributed by atoms with Crippen LogP contribution in [0.4, 0.5) is 0 Å². The second-order valence-corrected chi connectivity index (χ2v) is 4.34. The maximum absolute atomic E-state index is 11.4. The van der Waals surface area contributed by atoms with E-state index >= 15 is 0 Å². The Morgan fingerprint density at radius 3 is 2.73 bits per heavy atom. The Labute approximate surface area is 90.5 Å². The summed E-state index contributed by atoms with van der Waals surface area (Å²) in [5.41, 5.74) is 0. The van der Waals surface area contributed by atoms with Gasteiger partial charge in [-0.3, -0.25) is 9.69 Å². The molecule has 0 bridgehead atoms. The average Bonchev–Trinajstić information content (AvgIpc) is 2.78. The van der Waals surface area contributed by atoms with Gasteiger partial charge < -0.3 is 9.47 Å². The highest BCUT2D eigenvalue weighted by Crippen LogP contribution is 2.30. The normalized spacial score (nSPS) is 32.9. The molecule has 4 nitrogen and oxygen atoms in total. The summed E-state index contributed by atoms with van der Waals surface area (Å²) in [6.07, 6.45) is 3.07. The summed E-state index contributed by atoms with van der Waals surface area (Å²) in [6, 6.07) is 0.568. The Morgan fingerprint density at radius 2 is 2.07 bits per heavy atom. The summed E-state index contributed by atoms with van der Waals surface area (Å²) in [7, 11) is 1.48. The van der Waals surface area contributed by atoms with E-state index in [1.807, 2.05) is 0 Å². The molecule has 2 atom stereocenters. The summed E-state index contributed by atoms with van der Waals surface area (Å²) in [6.45, 7) is 3.69. The minimum absolute atomic E-state index is 0.0363. The lowest BCUT2D eigenvalue weighted by Crippen LogP contribution is -2.42. The predicted octanol–water partition coefficient (Wildman–Crippen LogP) is 0.660. The third-order valence-electron chi connectivity index (χ3n) is 3.50. The van der Waals surface area contributed by atoms with E-state index in [9.17, 15) is 4.79 Å². The van der Waals surface area contributed by atoms with E-state index in [0.29, 0.717) is 6.04 Å². The molecule has 1 saturated carbocycles. The van der Waals surface area contributed by atoms with Crippen molar-refractivity contribution in [1.29, 1.82) is 0 Å². The van der Waals surface area contributed by atoms with Crippen molar-refractivity contribution >= 4 is 5.97 Å². The number of ether oxygens (including phenoxy) is 2. The Balaban J connectivity index is 1.83. The van der Waals surface area contributed by atoms with E-state index < -0.39 is 0 Å². The molecule has 15 heavy (non-hydrogen) atoms. The van der Waals surface area contributed by atoms with E-state index in [1.54, 1.807) is 0 Å². The largest absolute Gasteiger partial charge is 0.469 e. The van der Waals surface area contributed by atoms with Gasteiger partial charge in [0.25, 0.3) is 0 Å². The Kier molecular flexibility index (Phi) is 3.59. The van der Waals surface area contributed by atoms with E-state index in [2.05, 4.69) is 4.90 Å². The highest BCUT2D eigenvalue weighted by atomic mass is 16.5. The zero-order valence-electron chi connectivity index (χ0n) is 9.28. The van der Waals surface area contributed by atoms with Crippen LogP contribution < -0.4 is 0 Å². The first kappa shape index (κ1) is 10.9. The van der Waals surface area contributed by atoms with Crippen molar-refractivity contribution in [2.24, 2.45) is 5.92 Å². The molecule has 0 aromatic heterocycles. The fourth-order valence-electron chi connectivity index (χ4n) is 2.61. The van der Waals surface area contributed by atoms with Gasteiger partial charge in [0.15, 0.2) is 0 Å². The van der Waals surface area contributed by atoms with Crippen LogP contribution in [-0.2, 0) is 14.3 Å². The average molecular weight is 213 g/mol. The third kappa shape index (κ3) is 2.49. The summed E-state index contributed by atoms with van der Waals surface area (Å²) in [5, 5.41) is 0. The van der Waals surface area contributed by atoms with Crippen LogP contribution in [0.5, 0.6) is 0 Å². The molecule has 86 valence electrons. The number of rotatable bonds is 2. The molecule has 0 amide bonds. The molecule has 0 radical (unpaired) electrons. The predicted molar refractivity (Wildman–Crippen MR) is 55.5 cm³/mol. The van der Waals surface area contributed by atoms with Crippen LogP contribution in [0.25, 0.3) is 0 Å². The van der Waals surface area contributed by atoms with Gasteiger partial charge in [0.2, 0.25) is 0 Å². The molecule has 0 unspecified atom stereocenters. The Morgan fingerprint density at radius 1 is 1.33 bits per heavy atom. The van der Waals surface area contributed by atoms with E-state index in [1.165, 1.54) is 7.11 Å². The Bertz CT molecular complexity index is 226. The number of carbonyl (C=O) groups is 1. The zero-order chi connectivity index (χ0) is 10.7. The molecule has 4 heteroatoms. The number of carbonyl (C=O) groups excluding carboxylic acids is 1. The molecule has 1 saturated heterocycles. The van der Waals surface area contributed by atoms with Crippen LogP contribution >= 0.6 is 0 Å². The van der Waals surface area contributed by atoms with Gasteiger partial charge in [0, 0.05) is 19.1 Å². The molecular weight excluding hydrogens is 194 g/mol. The van der Waals surface area contributed by atoms with Crippen molar-refractivity contribution in [3.63, 3.8) is 0 Å². The van der Waals surface area contributed by atoms with Gasteiger partial charge >= 0.3 is 5.97 Å². The van der Waals surface area contributed by atoms with Crippen LogP contribution in [0.3, 0.4) is 0 Å². The number of morpholine rings is 1. The molecule has 2 rings (SSSR count). The number of methoxy groups -OCH3 is 1. The molecule has 1 aliphatic heterocycles. The molecular formula is C11H19NO3. The topological polar surface area (TPSA) is 38.8 Å². The third-order valence-corrected chi connectivity index (χ3v) is 3.50. The molecule has 0 aromatic carbocycles. The van der Waals surface area contributed by atoms with Crippen molar-refractivity contribution in [3.8, 4) is 0 Å². The van der Waals surface area contributed by atoms with E-state index in [-0.39, 0.29) is 11.9 Å². The van der Waals surface area contributed by atoms with E-state index in [0.717, 1.165) is 45.6 Å². The first-order valence-electron chi connectivity index (χ1n) is 5.71. The fraction of sp³-hybridized carbons (Fsp3) is 0.909. The summed E-state index contributed by atoms with van der Waals surface area (Å²) in [4.78, 5) is 13.8. The number of nitrogens with zero attached hydrogens (tertiary/aromatic N) is 1. The highest BCUT2D eigenvalue weighted by Gasteiger charge is 2.34. The summed E-state index contributed by atoms with van der Waals surface area (Å²) >= 11 is 0. The molecule has 2 aliphatic rings. The van der Waals surface area contributed by atoms with Gasteiger partial charge in [0.1, 0.15) is 0 Å². The lowest BCUT2D eigenvalue weighted by atomic mass is 10.1. The monoisotopic (exact) mass is 213 g/mol. The summed E-state index contributed by atoms with van der Waals surface area (Å²) < 4.78 is 10.1. The smallest absolute Gasteiger partial charge is 0.308 e. The van der Waals surface area contributed by atoms with Crippen molar-refractivity contribution in [3.05, 3.63) is 0 Å². The first-order chi connectivity index (χ1) is 7.31. The lowest BCUT2D eigenvalue weighted by molar-refractivity contribution is -0.145. The van der Waals surface area contributed by atoms with Crippen LogP contribution in [0.1, 0.15) is 19.3 Å². The highest BCUT2D eigenvalue weighted by molar-refractivity contribution is 5.72. The Hall–Kier alpha value is -0.610. The van der Waals surface area contributed by atoms with Crippen LogP contribution in [0, 0.1) is 5.92 Å². The zero-order valence-corrected chi connectivity index (χ0v) is 9.28. The van der Waals surface area contributed by atoms with E-state index in [4.69, 9.17) is 9.47 Å². The molecule has 0 aromatic rings. The van der Waals surface area contributed by atoms with Crippen molar-refractivity contribution < 1.29 is 14.3 Å². The minimum atomic E-state index is -0.0363. The van der Waals surface area contributed by atoms with Gasteiger partial charge in [-0.15, -0.1) is 0 Å². The standard InChI is InChI=1S/C11H19NO3/c1-14-11(13)9-2-3-10(8-9)12-4-6-15-7-5-12/h9-10H,2-8H2,1H3/t9-,10+/m1/s1. The van der Waals surface area contributed by atoms with Gasteiger partial charge in [-0.25, -0.2) is 0 Å². The quantitative estimate of drug-likeness (QED) is 0.632. The van der Waals surface area contributed by atoms with Gasteiger partial charge in [-0.1, -0.05) is 0 Å². The maximum Gasteiger partial charge on any atom is 0.308 e.